The zero-order chi connectivity index (χ0) is 16.1. The largest absolute Gasteiger partial charge is 0.388 e. The molecule has 0 unspecified atom stereocenters. The Morgan fingerprint density at radius 2 is 2.09 bits per heavy atom. The van der Waals surface area contributed by atoms with Crippen molar-refractivity contribution in [2.24, 2.45) is 0 Å². The summed E-state index contributed by atoms with van der Waals surface area (Å²) >= 11 is 0. The molecule has 1 aliphatic carbocycles. The summed E-state index contributed by atoms with van der Waals surface area (Å²) < 4.78 is 5.29. The van der Waals surface area contributed by atoms with E-state index in [4.69, 9.17) is 4.74 Å². The van der Waals surface area contributed by atoms with E-state index >= 15 is 0 Å². The zero-order valence-electron chi connectivity index (χ0n) is 13.7. The fourth-order valence-electron chi connectivity index (χ4n) is 3.46. The predicted octanol–water partition coefficient (Wildman–Crippen LogP) is 0.776. The minimum atomic E-state index is -0.660. The number of likely N-dealkylation sites (tertiary alicyclic amines) is 1. The van der Waals surface area contributed by atoms with Crippen LogP contribution in [0.25, 0.3) is 0 Å². The zero-order valence-corrected chi connectivity index (χ0v) is 13.7. The van der Waals surface area contributed by atoms with E-state index in [0.29, 0.717) is 13.0 Å². The maximum Gasteiger partial charge on any atom is 0.242 e. The number of methoxy groups -OCH3 is 1. The van der Waals surface area contributed by atoms with Crippen molar-refractivity contribution in [2.75, 3.05) is 27.2 Å². The molecule has 0 spiro atoms. The number of carbonyl (C=O) groups excluding carboxylic acids is 2. The van der Waals surface area contributed by atoms with E-state index in [9.17, 15) is 14.7 Å². The third-order valence-corrected chi connectivity index (χ3v) is 4.95. The van der Waals surface area contributed by atoms with Crippen LogP contribution in [0, 0.1) is 0 Å². The summed E-state index contributed by atoms with van der Waals surface area (Å²) in [5, 5.41) is 10.4. The monoisotopic (exact) mass is 312 g/mol. The Balaban J connectivity index is 1.94. The topological polar surface area (TPSA) is 70.1 Å². The molecular formula is C16H28N2O4. The highest BCUT2D eigenvalue weighted by Gasteiger charge is 2.36. The van der Waals surface area contributed by atoms with Crippen molar-refractivity contribution in [1.82, 2.24) is 9.80 Å². The van der Waals surface area contributed by atoms with Crippen LogP contribution < -0.4 is 0 Å². The first-order valence-electron chi connectivity index (χ1n) is 8.29. The van der Waals surface area contributed by atoms with Gasteiger partial charge in [0.05, 0.1) is 18.7 Å². The average Bonchev–Trinajstić information content (AvgIpc) is 2.72. The highest BCUT2D eigenvalue weighted by atomic mass is 16.5. The second-order valence-electron chi connectivity index (χ2n) is 6.39. The molecule has 1 aliphatic heterocycles. The van der Waals surface area contributed by atoms with E-state index in [1.54, 1.807) is 24.0 Å². The van der Waals surface area contributed by atoms with Crippen LogP contribution in [0.1, 0.15) is 44.9 Å². The second kappa shape index (κ2) is 7.92. The lowest BCUT2D eigenvalue weighted by Crippen LogP contribution is -2.54. The van der Waals surface area contributed by atoms with Crippen LogP contribution >= 0.6 is 0 Å². The van der Waals surface area contributed by atoms with Crippen molar-refractivity contribution in [3.63, 3.8) is 0 Å². The Bertz CT molecular complexity index is 402. The van der Waals surface area contributed by atoms with Crippen LogP contribution in [0.5, 0.6) is 0 Å². The molecule has 2 aliphatic rings. The number of aliphatic hydroxyl groups is 1. The molecule has 0 aromatic rings. The molecule has 6 heteroatoms. The van der Waals surface area contributed by atoms with Gasteiger partial charge in [-0.1, -0.05) is 6.42 Å². The predicted molar refractivity (Wildman–Crippen MR) is 82.3 cm³/mol. The molecule has 0 radical (unpaired) electrons. The standard InChI is InChI=1S/C16H28N2O4/c1-17(12-7-6-8-13(22-2)16(12)21)15(20)11-18-10-5-3-4-9-14(18)19/h12-13,16,21H,3-11H2,1-2H3/t12-,13-,16-/m1/s1. The van der Waals surface area contributed by atoms with E-state index in [2.05, 4.69) is 0 Å². The van der Waals surface area contributed by atoms with E-state index in [0.717, 1.165) is 38.5 Å². The number of likely N-dealkylation sites (N-methyl/N-ethyl adjacent to an activating group) is 1. The molecule has 0 aromatic carbocycles. The Hall–Kier alpha value is -1.14. The van der Waals surface area contributed by atoms with Gasteiger partial charge in [-0.25, -0.2) is 0 Å². The molecule has 3 atom stereocenters. The molecule has 2 fully saturated rings. The van der Waals surface area contributed by atoms with Gasteiger partial charge in [0.15, 0.2) is 0 Å². The summed E-state index contributed by atoms with van der Waals surface area (Å²) in [5.41, 5.74) is 0. The smallest absolute Gasteiger partial charge is 0.242 e. The number of hydrogen-bond acceptors (Lipinski definition) is 4. The maximum absolute atomic E-state index is 12.5. The number of rotatable bonds is 4. The van der Waals surface area contributed by atoms with Gasteiger partial charge >= 0.3 is 0 Å². The van der Waals surface area contributed by atoms with Crippen LogP contribution in [-0.2, 0) is 14.3 Å². The quantitative estimate of drug-likeness (QED) is 0.833. The molecule has 1 N–H and O–H groups in total. The molecule has 2 rings (SSSR count). The van der Waals surface area contributed by atoms with Gasteiger partial charge in [0.1, 0.15) is 6.10 Å². The van der Waals surface area contributed by atoms with Gasteiger partial charge in [-0.05, 0) is 32.1 Å². The summed E-state index contributed by atoms with van der Waals surface area (Å²) in [6, 6.07) is -0.228. The number of nitrogens with zero attached hydrogens (tertiary/aromatic N) is 2. The normalized spacial score (nSPS) is 30.0. The number of ether oxygens (including phenoxy) is 1. The molecule has 6 nitrogen and oxygen atoms in total. The summed E-state index contributed by atoms with van der Waals surface area (Å²) in [6.45, 7) is 0.780. The van der Waals surface area contributed by atoms with Gasteiger partial charge < -0.3 is 19.6 Å². The van der Waals surface area contributed by atoms with Crippen molar-refractivity contribution in [2.45, 2.75) is 63.2 Å². The second-order valence-corrected chi connectivity index (χ2v) is 6.39. The van der Waals surface area contributed by atoms with Crippen molar-refractivity contribution in [3.8, 4) is 0 Å². The SMILES string of the molecule is CO[C@@H]1CCC[C@@H](N(C)C(=O)CN2CCCCCC2=O)[C@H]1O. The molecule has 1 saturated heterocycles. The first kappa shape index (κ1) is 17.2. The Labute approximate surface area is 132 Å². The van der Waals surface area contributed by atoms with Crippen LogP contribution in [0.3, 0.4) is 0 Å². The van der Waals surface area contributed by atoms with Crippen molar-refractivity contribution >= 4 is 11.8 Å². The van der Waals surface area contributed by atoms with Gasteiger partial charge in [0, 0.05) is 27.1 Å². The molecule has 0 aromatic heterocycles. The summed E-state index contributed by atoms with van der Waals surface area (Å²) in [5.74, 6) is -0.0331. The van der Waals surface area contributed by atoms with E-state index in [1.807, 2.05) is 0 Å². The van der Waals surface area contributed by atoms with Crippen LogP contribution in [-0.4, -0.2) is 72.2 Å². The number of aliphatic hydroxyl groups excluding tert-OH is 1. The molecular weight excluding hydrogens is 284 g/mol. The third-order valence-electron chi connectivity index (χ3n) is 4.95. The third kappa shape index (κ3) is 3.98. The minimum Gasteiger partial charge on any atom is -0.388 e. The van der Waals surface area contributed by atoms with Gasteiger partial charge in [-0.15, -0.1) is 0 Å². The number of hydrogen-bond donors (Lipinski definition) is 1. The highest BCUT2D eigenvalue weighted by molar-refractivity contribution is 5.85. The fraction of sp³-hybridized carbons (Fsp3) is 0.875. The molecule has 0 bridgehead atoms. The van der Waals surface area contributed by atoms with Crippen LogP contribution in [0.4, 0.5) is 0 Å². The molecule has 1 heterocycles. The Morgan fingerprint density at radius 1 is 1.32 bits per heavy atom. The number of carbonyl (C=O) groups is 2. The Morgan fingerprint density at radius 3 is 2.82 bits per heavy atom. The molecule has 126 valence electrons. The van der Waals surface area contributed by atoms with Crippen molar-refractivity contribution < 1.29 is 19.4 Å². The van der Waals surface area contributed by atoms with Crippen LogP contribution in [0.15, 0.2) is 0 Å². The average molecular weight is 312 g/mol. The summed E-state index contributed by atoms with van der Waals surface area (Å²) in [7, 11) is 3.31. The fourth-order valence-corrected chi connectivity index (χ4v) is 3.46. The number of amides is 2. The first-order chi connectivity index (χ1) is 10.5. The van der Waals surface area contributed by atoms with E-state index < -0.39 is 6.10 Å². The van der Waals surface area contributed by atoms with Crippen molar-refractivity contribution in [1.29, 1.82) is 0 Å². The summed E-state index contributed by atoms with van der Waals surface area (Å²) in [6.07, 6.45) is 5.11. The van der Waals surface area contributed by atoms with Gasteiger partial charge in [0.2, 0.25) is 11.8 Å². The molecule has 2 amide bonds. The van der Waals surface area contributed by atoms with Crippen LogP contribution in [0.2, 0.25) is 0 Å². The summed E-state index contributed by atoms with van der Waals surface area (Å²) in [4.78, 5) is 27.8. The maximum atomic E-state index is 12.5. The first-order valence-corrected chi connectivity index (χ1v) is 8.29. The minimum absolute atomic E-state index is 0.0678. The van der Waals surface area contributed by atoms with Crippen molar-refractivity contribution in [3.05, 3.63) is 0 Å². The Kier molecular flexibility index (Phi) is 6.20. The van der Waals surface area contributed by atoms with E-state index in [1.165, 1.54) is 0 Å². The lowest BCUT2D eigenvalue weighted by molar-refractivity contribution is -0.145. The highest BCUT2D eigenvalue weighted by Crippen LogP contribution is 2.25. The van der Waals surface area contributed by atoms with Gasteiger partial charge in [-0.3, -0.25) is 9.59 Å². The van der Waals surface area contributed by atoms with E-state index in [-0.39, 0.29) is 30.5 Å². The molecule has 1 saturated carbocycles. The van der Waals surface area contributed by atoms with Gasteiger partial charge in [-0.2, -0.15) is 0 Å². The van der Waals surface area contributed by atoms with Gasteiger partial charge in [0.25, 0.3) is 0 Å². The lowest BCUT2D eigenvalue weighted by atomic mass is 9.89. The lowest BCUT2D eigenvalue weighted by Gasteiger charge is -2.39. The molecule has 22 heavy (non-hydrogen) atoms.